The minimum Gasteiger partial charge on any atom is -0.497 e. The molecule has 0 unspecified atom stereocenters. The van der Waals surface area contributed by atoms with Crippen molar-refractivity contribution in [2.45, 2.75) is 11.3 Å². The molecular weight excluding hydrogens is 258 g/mol. The third-order valence-electron chi connectivity index (χ3n) is 3.94. The maximum Gasteiger partial charge on any atom is 0.234 e. The fourth-order valence-corrected chi connectivity index (χ4v) is 4.61. The molecule has 2 atom stereocenters. The van der Waals surface area contributed by atoms with Crippen LogP contribution in [0.5, 0.6) is 5.75 Å². The average molecular weight is 275 g/mol. The van der Waals surface area contributed by atoms with Gasteiger partial charge in [0.2, 0.25) is 5.91 Å². The third kappa shape index (κ3) is 1.62. The highest BCUT2D eigenvalue weighted by molar-refractivity contribution is 8.00. The van der Waals surface area contributed by atoms with Gasteiger partial charge < -0.3 is 9.64 Å². The Morgan fingerprint density at radius 3 is 2.84 bits per heavy atom. The summed E-state index contributed by atoms with van der Waals surface area (Å²) in [6.45, 7) is 4.69. The minimum atomic E-state index is -0.233. The second-order valence-electron chi connectivity index (χ2n) is 4.83. The van der Waals surface area contributed by atoms with Crippen molar-refractivity contribution in [3.63, 3.8) is 0 Å². The molecule has 2 aliphatic heterocycles. The van der Waals surface area contributed by atoms with Crippen molar-refractivity contribution in [3.8, 4) is 5.75 Å². The molecule has 2 heterocycles. The molecule has 19 heavy (non-hydrogen) atoms. The van der Waals surface area contributed by atoms with Gasteiger partial charge in [-0.05, 0) is 29.9 Å². The first kappa shape index (κ1) is 12.6. The van der Waals surface area contributed by atoms with Gasteiger partial charge in [0.05, 0.1) is 13.0 Å². The summed E-state index contributed by atoms with van der Waals surface area (Å²) in [5, 5.41) is 0. The lowest BCUT2D eigenvalue weighted by Gasteiger charge is -2.59. The second-order valence-corrected chi connectivity index (χ2v) is 6.15. The van der Waals surface area contributed by atoms with Gasteiger partial charge >= 0.3 is 0 Å². The van der Waals surface area contributed by atoms with Crippen molar-refractivity contribution < 1.29 is 9.53 Å². The number of ether oxygens (including phenoxy) is 1. The number of benzene rings is 1. The quantitative estimate of drug-likeness (QED) is 0.627. The highest BCUT2D eigenvalue weighted by atomic mass is 32.2. The third-order valence-corrected chi connectivity index (χ3v) is 5.59. The van der Waals surface area contributed by atoms with Crippen LogP contribution in [-0.4, -0.2) is 30.2 Å². The van der Waals surface area contributed by atoms with Crippen LogP contribution in [0.3, 0.4) is 0 Å². The van der Waals surface area contributed by atoms with E-state index in [-0.39, 0.29) is 16.7 Å². The fourth-order valence-electron chi connectivity index (χ4n) is 3.00. The first-order chi connectivity index (χ1) is 9.24. The summed E-state index contributed by atoms with van der Waals surface area (Å²) in [7, 11) is 1.66. The Morgan fingerprint density at radius 1 is 1.47 bits per heavy atom. The number of hydrogen-bond acceptors (Lipinski definition) is 3. The smallest absolute Gasteiger partial charge is 0.234 e. The Kier molecular flexibility index (Phi) is 3.05. The Hall–Kier alpha value is -1.42. The number of carbonyl (C=O) groups is 1. The summed E-state index contributed by atoms with van der Waals surface area (Å²) in [5.74, 6) is 2.03. The molecule has 2 fully saturated rings. The molecule has 2 aliphatic rings. The topological polar surface area (TPSA) is 29.5 Å². The van der Waals surface area contributed by atoms with Crippen LogP contribution in [0.4, 0.5) is 0 Å². The maximum absolute atomic E-state index is 12.1. The van der Waals surface area contributed by atoms with Gasteiger partial charge in [-0.1, -0.05) is 18.2 Å². The molecule has 0 aromatic heterocycles. The summed E-state index contributed by atoms with van der Waals surface area (Å²) < 4.78 is 5.20. The van der Waals surface area contributed by atoms with E-state index in [1.54, 1.807) is 13.2 Å². The van der Waals surface area contributed by atoms with Crippen molar-refractivity contribution in [2.24, 2.45) is 5.92 Å². The number of β-lactam (4-membered cyclic amide) rings is 1. The summed E-state index contributed by atoms with van der Waals surface area (Å²) in [6.07, 6.45) is 2.86. The predicted molar refractivity (Wildman–Crippen MR) is 77.1 cm³/mol. The lowest BCUT2D eigenvalue weighted by Crippen LogP contribution is -2.67. The zero-order chi connectivity index (χ0) is 13.5. The standard InChI is InChI=1S/C15H17NO2S/c1-3-13-14(17)16-9-4-10-19-15(13,16)11-5-7-12(18-2)8-6-11/h3,5-8,13H,1,4,9-10H2,2H3/t13-,15+/m0/s1. The molecule has 0 bridgehead atoms. The first-order valence-corrected chi connectivity index (χ1v) is 7.45. The number of thioether (sulfide) groups is 1. The van der Waals surface area contributed by atoms with E-state index in [9.17, 15) is 4.79 Å². The maximum atomic E-state index is 12.1. The molecule has 2 saturated heterocycles. The molecule has 0 N–H and O–H groups in total. The molecule has 100 valence electrons. The second kappa shape index (κ2) is 4.60. The van der Waals surface area contributed by atoms with Crippen molar-refractivity contribution in [3.05, 3.63) is 42.5 Å². The van der Waals surface area contributed by atoms with Crippen LogP contribution in [0, 0.1) is 5.92 Å². The highest BCUT2D eigenvalue weighted by Gasteiger charge is 2.60. The van der Waals surface area contributed by atoms with E-state index < -0.39 is 0 Å². The Balaban J connectivity index is 2.02. The fraction of sp³-hybridized carbons (Fsp3) is 0.400. The Labute approximate surface area is 117 Å². The van der Waals surface area contributed by atoms with E-state index in [1.165, 1.54) is 5.56 Å². The van der Waals surface area contributed by atoms with Gasteiger partial charge in [-0.3, -0.25) is 4.79 Å². The molecule has 0 radical (unpaired) electrons. The van der Waals surface area contributed by atoms with Crippen LogP contribution in [0.25, 0.3) is 0 Å². The van der Waals surface area contributed by atoms with E-state index >= 15 is 0 Å². The molecule has 3 nitrogen and oxygen atoms in total. The molecule has 1 aromatic carbocycles. The Morgan fingerprint density at radius 2 is 2.21 bits per heavy atom. The van der Waals surface area contributed by atoms with Crippen LogP contribution in [0.1, 0.15) is 12.0 Å². The number of nitrogens with zero attached hydrogens (tertiary/aromatic N) is 1. The molecule has 0 saturated carbocycles. The van der Waals surface area contributed by atoms with Crippen LogP contribution in [-0.2, 0) is 9.67 Å². The van der Waals surface area contributed by atoms with Gasteiger partial charge in [-0.25, -0.2) is 0 Å². The molecule has 0 spiro atoms. The minimum absolute atomic E-state index is 0.105. The molecule has 4 heteroatoms. The number of fused-ring (bicyclic) bond motifs is 1. The average Bonchev–Trinajstić information content (AvgIpc) is 2.47. The summed E-state index contributed by atoms with van der Waals surface area (Å²) in [6, 6.07) is 8.04. The zero-order valence-corrected chi connectivity index (χ0v) is 11.8. The summed E-state index contributed by atoms with van der Waals surface area (Å²) in [5.41, 5.74) is 1.17. The monoisotopic (exact) mass is 275 g/mol. The van der Waals surface area contributed by atoms with Crippen LogP contribution < -0.4 is 4.74 Å². The van der Waals surface area contributed by atoms with E-state index in [0.717, 1.165) is 24.5 Å². The predicted octanol–water partition coefficient (Wildman–Crippen LogP) is 2.63. The largest absolute Gasteiger partial charge is 0.497 e. The van der Waals surface area contributed by atoms with Crippen LogP contribution >= 0.6 is 11.8 Å². The normalized spacial score (nSPS) is 29.4. The molecule has 1 amide bonds. The highest BCUT2D eigenvalue weighted by Crippen LogP contribution is 2.57. The number of amides is 1. The number of rotatable bonds is 3. The van der Waals surface area contributed by atoms with E-state index in [1.807, 2.05) is 28.8 Å². The molecule has 1 aromatic rings. The van der Waals surface area contributed by atoms with Crippen LogP contribution in [0.15, 0.2) is 36.9 Å². The van der Waals surface area contributed by atoms with Gasteiger partial charge in [0.25, 0.3) is 0 Å². The van der Waals surface area contributed by atoms with Gasteiger partial charge in [0.1, 0.15) is 10.6 Å². The number of hydrogen-bond donors (Lipinski definition) is 0. The summed E-state index contributed by atoms with van der Waals surface area (Å²) >= 11 is 1.86. The van der Waals surface area contributed by atoms with E-state index in [4.69, 9.17) is 4.74 Å². The lowest BCUT2D eigenvalue weighted by atomic mass is 9.81. The van der Waals surface area contributed by atoms with Gasteiger partial charge in [-0.15, -0.1) is 18.3 Å². The van der Waals surface area contributed by atoms with Crippen molar-refractivity contribution in [1.29, 1.82) is 0 Å². The SMILES string of the molecule is C=C[C@H]1C(=O)N2CCCS[C@]12c1ccc(OC)cc1. The summed E-state index contributed by atoms with van der Waals surface area (Å²) in [4.78, 5) is 13.9. The molecule has 3 rings (SSSR count). The number of methoxy groups -OCH3 is 1. The van der Waals surface area contributed by atoms with Gasteiger partial charge in [0.15, 0.2) is 0 Å². The van der Waals surface area contributed by atoms with Crippen LogP contribution in [0.2, 0.25) is 0 Å². The van der Waals surface area contributed by atoms with Gasteiger partial charge in [0, 0.05) is 6.54 Å². The molecular formula is C15H17NO2S. The zero-order valence-electron chi connectivity index (χ0n) is 11.0. The van der Waals surface area contributed by atoms with Crippen molar-refractivity contribution in [1.82, 2.24) is 4.90 Å². The molecule has 0 aliphatic carbocycles. The van der Waals surface area contributed by atoms with E-state index in [0.29, 0.717) is 0 Å². The van der Waals surface area contributed by atoms with E-state index in [2.05, 4.69) is 18.7 Å². The Bertz CT molecular complexity index is 513. The first-order valence-electron chi connectivity index (χ1n) is 6.46. The lowest BCUT2D eigenvalue weighted by molar-refractivity contribution is -0.157. The number of carbonyl (C=O) groups excluding carboxylic acids is 1. The van der Waals surface area contributed by atoms with Crippen molar-refractivity contribution >= 4 is 17.7 Å². The van der Waals surface area contributed by atoms with Gasteiger partial charge in [-0.2, -0.15) is 0 Å². The van der Waals surface area contributed by atoms with Crippen molar-refractivity contribution in [2.75, 3.05) is 19.4 Å².